The number of nitrogens with one attached hydrogen (secondary N) is 2. The Kier molecular flexibility index (Phi) is 4.97. The van der Waals surface area contributed by atoms with Gasteiger partial charge in [0.25, 0.3) is 11.5 Å². The van der Waals surface area contributed by atoms with E-state index in [-0.39, 0.29) is 17.5 Å². The molecule has 152 valence electrons. The van der Waals surface area contributed by atoms with Crippen LogP contribution in [0.2, 0.25) is 0 Å². The minimum absolute atomic E-state index is 0.197. The molecule has 0 bridgehead atoms. The van der Waals surface area contributed by atoms with E-state index in [1.54, 1.807) is 31.4 Å². The normalized spacial score (nSPS) is 10.9. The van der Waals surface area contributed by atoms with Crippen LogP contribution in [0.1, 0.15) is 21.5 Å². The maximum absolute atomic E-state index is 12.6. The number of fused-ring (bicyclic) bond motifs is 1. The van der Waals surface area contributed by atoms with Crippen molar-refractivity contribution < 1.29 is 14.6 Å². The summed E-state index contributed by atoms with van der Waals surface area (Å²) in [5.41, 5.74) is 1.86. The molecule has 0 unspecified atom stereocenters. The average molecular weight is 404 g/mol. The van der Waals surface area contributed by atoms with Gasteiger partial charge in [0.05, 0.1) is 24.4 Å². The predicted molar refractivity (Wildman–Crippen MR) is 112 cm³/mol. The summed E-state index contributed by atoms with van der Waals surface area (Å²) < 4.78 is 6.62. The number of nitrogens with zero attached hydrogens (tertiary/aromatic N) is 2. The molecule has 0 aliphatic rings. The molecular formula is C22H20N4O4. The van der Waals surface area contributed by atoms with Crippen molar-refractivity contribution in [2.24, 2.45) is 0 Å². The molecule has 8 heteroatoms. The van der Waals surface area contributed by atoms with Gasteiger partial charge in [-0.05, 0) is 42.3 Å². The van der Waals surface area contributed by atoms with E-state index in [0.717, 1.165) is 16.8 Å². The molecule has 0 fully saturated rings. The van der Waals surface area contributed by atoms with Crippen LogP contribution >= 0.6 is 0 Å². The van der Waals surface area contributed by atoms with Crippen LogP contribution in [0.3, 0.4) is 0 Å². The standard InChI is InChI=1S/C22H20N4O4/c1-13-4-3-5-15(10-13)26-20-17(12-24-26)19(27)18(22(29)25-20)21(28)23-11-14-6-8-16(30-2)9-7-14/h3-10,12H,11H2,1-2H3,(H,23,28)(H2,25,27,29). The summed E-state index contributed by atoms with van der Waals surface area (Å²) in [4.78, 5) is 27.9. The van der Waals surface area contributed by atoms with Gasteiger partial charge in [0.1, 0.15) is 22.7 Å². The molecular weight excluding hydrogens is 384 g/mol. The van der Waals surface area contributed by atoms with Gasteiger partial charge in [-0.15, -0.1) is 0 Å². The number of H-pyrrole nitrogens is 1. The summed E-state index contributed by atoms with van der Waals surface area (Å²) >= 11 is 0. The number of hydrogen-bond donors (Lipinski definition) is 3. The van der Waals surface area contributed by atoms with Crippen LogP contribution in [0.25, 0.3) is 16.7 Å². The number of ether oxygens (including phenoxy) is 1. The molecule has 3 N–H and O–H groups in total. The van der Waals surface area contributed by atoms with Gasteiger partial charge in [-0.2, -0.15) is 5.10 Å². The highest BCUT2D eigenvalue weighted by Crippen LogP contribution is 2.26. The third-order valence-electron chi connectivity index (χ3n) is 4.81. The maximum Gasteiger partial charge on any atom is 0.266 e. The molecule has 30 heavy (non-hydrogen) atoms. The number of benzene rings is 2. The lowest BCUT2D eigenvalue weighted by Gasteiger charge is -2.09. The molecule has 1 amide bonds. The molecule has 0 spiro atoms. The number of carbonyl (C=O) groups is 1. The summed E-state index contributed by atoms with van der Waals surface area (Å²) in [5, 5.41) is 17.8. The van der Waals surface area contributed by atoms with Crippen molar-refractivity contribution in [3.63, 3.8) is 0 Å². The van der Waals surface area contributed by atoms with E-state index in [0.29, 0.717) is 11.4 Å². The summed E-state index contributed by atoms with van der Waals surface area (Å²) in [6.07, 6.45) is 1.42. The monoisotopic (exact) mass is 404 g/mol. The molecule has 0 saturated heterocycles. The number of aryl methyl sites for hydroxylation is 1. The van der Waals surface area contributed by atoms with Gasteiger partial charge in [-0.1, -0.05) is 24.3 Å². The largest absolute Gasteiger partial charge is 0.506 e. The third kappa shape index (κ3) is 3.50. The fourth-order valence-electron chi connectivity index (χ4n) is 3.23. The number of rotatable bonds is 5. The lowest BCUT2D eigenvalue weighted by Crippen LogP contribution is -2.29. The van der Waals surface area contributed by atoms with Crippen LogP contribution in [0, 0.1) is 6.92 Å². The molecule has 2 heterocycles. The lowest BCUT2D eigenvalue weighted by atomic mass is 10.1. The van der Waals surface area contributed by atoms with E-state index in [9.17, 15) is 14.7 Å². The van der Waals surface area contributed by atoms with Gasteiger partial charge in [0.2, 0.25) is 0 Å². The van der Waals surface area contributed by atoms with Crippen LogP contribution in [0.15, 0.2) is 59.5 Å². The number of hydrogen-bond acceptors (Lipinski definition) is 5. The Morgan fingerprint density at radius 3 is 2.70 bits per heavy atom. The van der Waals surface area contributed by atoms with Gasteiger partial charge >= 0.3 is 0 Å². The third-order valence-corrected chi connectivity index (χ3v) is 4.81. The minimum Gasteiger partial charge on any atom is -0.506 e. The second kappa shape index (κ2) is 7.75. The van der Waals surface area contributed by atoms with Crippen LogP contribution in [-0.2, 0) is 6.54 Å². The fourth-order valence-corrected chi connectivity index (χ4v) is 3.23. The van der Waals surface area contributed by atoms with Gasteiger partial charge in [0.15, 0.2) is 0 Å². The number of aromatic nitrogens is 3. The molecule has 2 aromatic heterocycles. The zero-order valence-corrected chi connectivity index (χ0v) is 16.5. The highest BCUT2D eigenvalue weighted by molar-refractivity contribution is 6.01. The minimum atomic E-state index is -0.693. The summed E-state index contributed by atoms with van der Waals surface area (Å²) in [6, 6.07) is 14.7. The number of aromatic hydroxyl groups is 1. The van der Waals surface area contributed by atoms with Crippen molar-refractivity contribution in [3.05, 3.63) is 81.8 Å². The summed E-state index contributed by atoms with van der Waals surface area (Å²) in [7, 11) is 1.57. The molecule has 4 aromatic rings. The maximum atomic E-state index is 12.6. The highest BCUT2D eigenvalue weighted by Gasteiger charge is 2.21. The Morgan fingerprint density at radius 1 is 1.23 bits per heavy atom. The Hall–Kier alpha value is -4.07. The van der Waals surface area contributed by atoms with Crippen LogP contribution in [0.5, 0.6) is 11.5 Å². The highest BCUT2D eigenvalue weighted by atomic mass is 16.5. The topological polar surface area (TPSA) is 109 Å². The van der Waals surface area contributed by atoms with Gasteiger partial charge in [-0.25, -0.2) is 4.68 Å². The van der Waals surface area contributed by atoms with Gasteiger partial charge < -0.3 is 20.1 Å². The number of pyridine rings is 1. The first-order valence-corrected chi connectivity index (χ1v) is 9.29. The van der Waals surface area contributed by atoms with Crippen molar-refractivity contribution in [1.29, 1.82) is 0 Å². The van der Waals surface area contributed by atoms with Gasteiger partial charge in [0, 0.05) is 6.54 Å². The first-order valence-electron chi connectivity index (χ1n) is 9.29. The smallest absolute Gasteiger partial charge is 0.266 e. The van der Waals surface area contributed by atoms with Crippen LogP contribution in [0.4, 0.5) is 0 Å². The fraction of sp³-hybridized carbons (Fsp3) is 0.136. The quantitative estimate of drug-likeness (QED) is 0.474. The Morgan fingerprint density at radius 2 is 2.00 bits per heavy atom. The second-order valence-corrected chi connectivity index (χ2v) is 6.87. The van der Waals surface area contributed by atoms with E-state index in [1.165, 1.54) is 10.9 Å². The summed E-state index contributed by atoms with van der Waals surface area (Å²) in [5.74, 6) is -0.370. The zero-order chi connectivity index (χ0) is 21.3. The van der Waals surface area contributed by atoms with E-state index >= 15 is 0 Å². The molecule has 0 saturated carbocycles. The van der Waals surface area contributed by atoms with Gasteiger partial charge in [-0.3, -0.25) is 9.59 Å². The predicted octanol–water partition coefficient (Wildman–Crippen LogP) is 2.67. The Labute approximate surface area is 171 Å². The SMILES string of the molecule is COc1ccc(CNC(=O)c2c(O)c3cnn(-c4cccc(C)c4)c3[nH]c2=O)cc1. The lowest BCUT2D eigenvalue weighted by molar-refractivity contribution is 0.0947. The molecule has 8 nitrogen and oxygen atoms in total. The number of carbonyl (C=O) groups excluding carboxylic acids is 1. The van der Waals surface area contributed by atoms with Crippen LogP contribution in [-0.4, -0.2) is 32.9 Å². The zero-order valence-electron chi connectivity index (χ0n) is 16.5. The Balaban J connectivity index is 1.64. The number of methoxy groups -OCH3 is 1. The van der Waals surface area contributed by atoms with E-state index < -0.39 is 17.2 Å². The molecule has 0 aliphatic heterocycles. The number of aromatic amines is 1. The molecule has 0 radical (unpaired) electrons. The van der Waals surface area contributed by atoms with E-state index in [4.69, 9.17) is 4.74 Å². The van der Waals surface area contributed by atoms with Crippen LogP contribution < -0.4 is 15.6 Å². The molecule has 0 aliphatic carbocycles. The average Bonchev–Trinajstić information content (AvgIpc) is 3.16. The van der Waals surface area contributed by atoms with Crippen molar-refractivity contribution in [1.82, 2.24) is 20.1 Å². The molecule has 2 aromatic carbocycles. The molecule has 0 atom stereocenters. The molecule has 4 rings (SSSR count). The van der Waals surface area contributed by atoms with Crippen molar-refractivity contribution in [3.8, 4) is 17.2 Å². The van der Waals surface area contributed by atoms with E-state index in [1.807, 2.05) is 31.2 Å². The van der Waals surface area contributed by atoms with Crippen molar-refractivity contribution in [2.45, 2.75) is 13.5 Å². The first-order chi connectivity index (χ1) is 14.5. The van der Waals surface area contributed by atoms with E-state index in [2.05, 4.69) is 15.4 Å². The van der Waals surface area contributed by atoms with Crippen molar-refractivity contribution in [2.75, 3.05) is 7.11 Å². The Bertz CT molecular complexity index is 1290. The number of amides is 1. The second-order valence-electron chi connectivity index (χ2n) is 6.87. The first kappa shape index (κ1) is 19.3. The summed E-state index contributed by atoms with van der Waals surface area (Å²) in [6.45, 7) is 2.14. The van der Waals surface area contributed by atoms with Crippen molar-refractivity contribution >= 4 is 16.9 Å².